The van der Waals surface area contributed by atoms with E-state index in [0.29, 0.717) is 0 Å². The minimum atomic E-state index is -1.82. The SMILES string of the molecule is O=C(O)C(=O)O.O=C(O)C(=O)O.[Ag]. The number of rotatable bonds is 0. The third-order valence-corrected chi connectivity index (χ3v) is 0.366. The Morgan fingerprint density at radius 2 is 0.615 bits per heavy atom. The van der Waals surface area contributed by atoms with Crippen LogP contribution < -0.4 is 0 Å². The van der Waals surface area contributed by atoms with Crippen LogP contribution in [0.5, 0.6) is 0 Å². The molecule has 0 bridgehead atoms. The summed E-state index contributed by atoms with van der Waals surface area (Å²) in [6.45, 7) is 0. The zero-order chi connectivity index (χ0) is 10.3. The quantitative estimate of drug-likeness (QED) is 0.304. The van der Waals surface area contributed by atoms with E-state index < -0.39 is 23.9 Å². The molecule has 0 fully saturated rings. The molecular weight excluding hydrogens is 284 g/mol. The van der Waals surface area contributed by atoms with Crippen molar-refractivity contribution in [2.24, 2.45) is 0 Å². The van der Waals surface area contributed by atoms with Crippen LogP contribution in [0.4, 0.5) is 0 Å². The Bertz CT molecular complexity index is 172. The molecule has 0 saturated carbocycles. The van der Waals surface area contributed by atoms with Gasteiger partial charge in [-0.3, -0.25) is 0 Å². The molecular formula is C4H4AgO8. The van der Waals surface area contributed by atoms with Crippen molar-refractivity contribution < 1.29 is 62.0 Å². The van der Waals surface area contributed by atoms with Crippen LogP contribution in [0.1, 0.15) is 0 Å². The fraction of sp³-hybridized carbons (Fsp3) is 0. The molecule has 0 aliphatic rings. The Morgan fingerprint density at radius 1 is 0.538 bits per heavy atom. The van der Waals surface area contributed by atoms with E-state index in [1.54, 1.807) is 0 Å². The maximum atomic E-state index is 9.10. The van der Waals surface area contributed by atoms with E-state index in [9.17, 15) is 0 Å². The van der Waals surface area contributed by atoms with Crippen LogP contribution >= 0.6 is 0 Å². The summed E-state index contributed by atoms with van der Waals surface area (Å²) in [6.07, 6.45) is 0. The molecule has 0 aromatic heterocycles. The fourth-order valence-electron chi connectivity index (χ4n) is 0. The molecule has 0 rings (SSSR count). The maximum Gasteiger partial charge on any atom is 0.414 e. The molecule has 0 amide bonds. The first-order chi connectivity index (χ1) is 5.29. The van der Waals surface area contributed by atoms with Gasteiger partial charge in [-0.25, -0.2) is 19.2 Å². The van der Waals surface area contributed by atoms with Crippen molar-refractivity contribution in [3.05, 3.63) is 0 Å². The van der Waals surface area contributed by atoms with Crippen LogP contribution in [0, 0.1) is 0 Å². The molecule has 0 aromatic carbocycles. The average molecular weight is 288 g/mol. The van der Waals surface area contributed by atoms with Gasteiger partial charge in [-0.15, -0.1) is 0 Å². The zero-order valence-electron chi connectivity index (χ0n) is 5.72. The molecule has 0 aromatic rings. The van der Waals surface area contributed by atoms with E-state index in [0.717, 1.165) is 0 Å². The number of hydrogen-bond acceptors (Lipinski definition) is 4. The predicted molar refractivity (Wildman–Crippen MR) is 30.5 cm³/mol. The third kappa shape index (κ3) is 18.0. The van der Waals surface area contributed by atoms with Crippen LogP contribution in [-0.2, 0) is 41.6 Å². The topological polar surface area (TPSA) is 149 Å². The van der Waals surface area contributed by atoms with Crippen molar-refractivity contribution in [1.82, 2.24) is 0 Å². The number of aliphatic carboxylic acids is 4. The van der Waals surface area contributed by atoms with Crippen LogP contribution in [0.2, 0.25) is 0 Å². The summed E-state index contributed by atoms with van der Waals surface area (Å²) in [6, 6.07) is 0. The molecule has 0 atom stereocenters. The van der Waals surface area contributed by atoms with E-state index in [2.05, 4.69) is 0 Å². The molecule has 0 heterocycles. The summed E-state index contributed by atoms with van der Waals surface area (Å²) >= 11 is 0. The third-order valence-electron chi connectivity index (χ3n) is 0.366. The molecule has 13 heavy (non-hydrogen) atoms. The summed E-state index contributed by atoms with van der Waals surface area (Å²) in [7, 11) is 0. The molecule has 0 saturated heterocycles. The van der Waals surface area contributed by atoms with E-state index in [1.807, 2.05) is 0 Å². The molecule has 8 nitrogen and oxygen atoms in total. The second-order valence-electron chi connectivity index (χ2n) is 1.22. The largest absolute Gasteiger partial charge is 0.473 e. The van der Waals surface area contributed by atoms with Gasteiger partial charge in [-0.2, -0.15) is 0 Å². The van der Waals surface area contributed by atoms with Gasteiger partial charge in [-0.05, 0) is 0 Å². The zero-order valence-corrected chi connectivity index (χ0v) is 7.21. The monoisotopic (exact) mass is 287 g/mol. The van der Waals surface area contributed by atoms with Gasteiger partial charge in [0.25, 0.3) is 0 Å². The molecule has 0 spiro atoms. The molecule has 1 radical (unpaired) electrons. The van der Waals surface area contributed by atoms with Gasteiger partial charge in [0.1, 0.15) is 0 Å². The molecule has 0 unspecified atom stereocenters. The molecule has 4 N–H and O–H groups in total. The standard InChI is InChI=1S/2C2H2O4.Ag/c2*3-1(4)2(5)6;/h2*(H,3,4)(H,5,6);. The van der Waals surface area contributed by atoms with Gasteiger partial charge in [0.05, 0.1) is 0 Å². The Hall–Kier alpha value is -1.38. The number of carboxylic acids is 4. The maximum absolute atomic E-state index is 9.10. The van der Waals surface area contributed by atoms with Crippen molar-refractivity contribution in [3.8, 4) is 0 Å². The van der Waals surface area contributed by atoms with Gasteiger partial charge in [0, 0.05) is 22.4 Å². The molecule has 9 heteroatoms. The van der Waals surface area contributed by atoms with Crippen molar-refractivity contribution in [3.63, 3.8) is 0 Å². The molecule has 0 aliphatic heterocycles. The Morgan fingerprint density at radius 3 is 0.615 bits per heavy atom. The van der Waals surface area contributed by atoms with Gasteiger partial charge >= 0.3 is 23.9 Å². The first-order valence-electron chi connectivity index (χ1n) is 2.21. The summed E-state index contributed by atoms with van der Waals surface area (Å²) in [5.74, 6) is -7.30. The minimum absolute atomic E-state index is 0. The normalized spacial score (nSPS) is 6.77. The summed E-state index contributed by atoms with van der Waals surface area (Å²) in [5, 5.41) is 29.6. The van der Waals surface area contributed by atoms with Crippen molar-refractivity contribution in [2.75, 3.05) is 0 Å². The minimum Gasteiger partial charge on any atom is -0.473 e. The summed E-state index contributed by atoms with van der Waals surface area (Å²) < 4.78 is 0. The smallest absolute Gasteiger partial charge is 0.414 e. The van der Waals surface area contributed by atoms with Crippen LogP contribution in [-0.4, -0.2) is 44.3 Å². The van der Waals surface area contributed by atoms with Crippen molar-refractivity contribution in [1.29, 1.82) is 0 Å². The first-order valence-corrected chi connectivity index (χ1v) is 2.21. The average Bonchev–Trinajstić information content (AvgIpc) is 1.88. The van der Waals surface area contributed by atoms with Crippen molar-refractivity contribution >= 4 is 23.9 Å². The summed E-state index contributed by atoms with van der Waals surface area (Å²) in [4.78, 5) is 36.4. The van der Waals surface area contributed by atoms with E-state index in [4.69, 9.17) is 39.6 Å². The van der Waals surface area contributed by atoms with Gasteiger partial charge in [0.2, 0.25) is 0 Å². The van der Waals surface area contributed by atoms with Crippen LogP contribution in [0.25, 0.3) is 0 Å². The number of hydrogen-bond donors (Lipinski definition) is 4. The van der Waals surface area contributed by atoms with Gasteiger partial charge in [-0.1, -0.05) is 0 Å². The summed E-state index contributed by atoms with van der Waals surface area (Å²) in [5.41, 5.74) is 0. The van der Waals surface area contributed by atoms with E-state index in [-0.39, 0.29) is 22.4 Å². The second-order valence-corrected chi connectivity index (χ2v) is 1.22. The number of carbonyl (C=O) groups is 4. The Labute approximate surface area is 86.3 Å². The Balaban J connectivity index is -0.000000143. The Kier molecular flexibility index (Phi) is 11.8. The second kappa shape index (κ2) is 8.71. The van der Waals surface area contributed by atoms with E-state index >= 15 is 0 Å². The van der Waals surface area contributed by atoms with Gasteiger partial charge < -0.3 is 20.4 Å². The first kappa shape index (κ1) is 17.6. The molecule has 0 aliphatic carbocycles. The van der Waals surface area contributed by atoms with Crippen molar-refractivity contribution in [2.45, 2.75) is 0 Å². The van der Waals surface area contributed by atoms with Crippen LogP contribution in [0.15, 0.2) is 0 Å². The van der Waals surface area contributed by atoms with Gasteiger partial charge in [0.15, 0.2) is 0 Å². The van der Waals surface area contributed by atoms with E-state index in [1.165, 1.54) is 0 Å². The van der Waals surface area contributed by atoms with Crippen LogP contribution in [0.3, 0.4) is 0 Å². The number of carboxylic acid groups (broad SMARTS) is 4. The predicted octanol–water partition coefficient (Wildman–Crippen LogP) is -1.69. The molecule has 79 valence electrons. The fourth-order valence-corrected chi connectivity index (χ4v) is 0.